The van der Waals surface area contributed by atoms with Crippen LogP contribution < -0.4 is 10.0 Å². The number of nitrogens with one attached hydrogen (secondary N) is 2. The Morgan fingerprint density at radius 3 is 2.29 bits per heavy atom. The normalized spacial score (nSPS) is 24.7. The van der Waals surface area contributed by atoms with Crippen LogP contribution in [0.4, 0.5) is 11.5 Å². The Kier molecular flexibility index (Phi) is 5.42. The van der Waals surface area contributed by atoms with Crippen molar-refractivity contribution in [2.75, 3.05) is 10.0 Å². The zero-order chi connectivity index (χ0) is 22.3. The Morgan fingerprint density at radius 1 is 1.03 bits per heavy atom. The van der Waals surface area contributed by atoms with E-state index < -0.39 is 27.8 Å². The van der Waals surface area contributed by atoms with Crippen molar-refractivity contribution in [2.24, 2.45) is 23.7 Å². The predicted molar refractivity (Wildman–Crippen MR) is 113 cm³/mol. The summed E-state index contributed by atoms with van der Waals surface area (Å²) in [5.74, 6) is -1.65. The zero-order valence-electron chi connectivity index (χ0n) is 17.2. The highest BCUT2D eigenvalue weighted by atomic mass is 32.2. The maximum Gasteiger partial charge on any atom is 0.307 e. The van der Waals surface area contributed by atoms with Gasteiger partial charge >= 0.3 is 5.97 Å². The van der Waals surface area contributed by atoms with E-state index in [-0.39, 0.29) is 28.5 Å². The van der Waals surface area contributed by atoms with Gasteiger partial charge in [0.2, 0.25) is 5.91 Å². The summed E-state index contributed by atoms with van der Waals surface area (Å²) in [5.41, 5.74) is 1.06. The van der Waals surface area contributed by atoms with Crippen molar-refractivity contribution >= 4 is 33.4 Å². The first-order valence-corrected chi connectivity index (χ1v) is 11.6. The van der Waals surface area contributed by atoms with Crippen LogP contribution in [0.25, 0.3) is 0 Å². The average Bonchev–Trinajstić information content (AvgIpc) is 3.28. The Labute approximate surface area is 180 Å². The number of benzene rings is 1. The van der Waals surface area contributed by atoms with Gasteiger partial charge in [-0.1, -0.05) is 0 Å². The fourth-order valence-electron chi connectivity index (χ4n) is 4.93. The summed E-state index contributed by atoms with van der Waals surface area (Å²) in [5, 5.41) is 12.3. The van der Waals surface area contributed by atoms with Gasteiger partial charge in [0.1, 0.15) is 11.6 Å². The lowest BCUT2D eigenvalue weighted by atomic mass is 9.78. The van der Waals surface area contributed by atoms with Crippen molar-refractivity contribution in [1.29, 1.82) is 0 Å². The van der Waals surface area contributed by atoms with Gasteiger partial charge in [-0.2, -0.15) is 0 Å². The zero-order valence-corrected chi connectivity index (χ0v) is 18.0. The molecule has 1 aromatic carbocycles. The van der Waals surface area contributed by atoms with Crippen LogP contribution in [0.15, 0.2) is 35.2 Å². The molecule has 0 spiro atoms. The van der Waals surface area contributed by atoms with E-state index >= 15 is 0 Å². The lowest BCUT2D eigenvalue weighted by Crippen LogP contribution is -2.37. The molecule has 0 radical (unpaired) electrons. The third kappa shape index (κ3) is 4.25. The van der Waals surface area contributed by atoms with E-state index in [0.29, 0.717) is 17.2 Å². The molecule has 2 saturated carbocycles. The third-order valence-corrected chi connectivity index (χ3v) is 7.51. The van der Waals surface area contributed by atoms with Gasteiger partial charge < -0.3 is 10.4 Å². The summed E-state index contributed by atoms with van der Waals surface area (Å²) in [6.07, 6.45) is 2.51. The van der Waals surface area contributed by atoms with Crippen molar-refractivity contribution in [3.8, 4) is 0 Å². The summed E-state index contributed by atoms with van der Waals surface area (Å²) in [7, 11) is -3.87. The summed E-state index contributed by atoms with van der Waals surface area (Å²) in [4.78, 5) is 32.6. The molecule has 0 aliphatic heterocycles. The summed E-state index contributed by atoms with van der Waals surface area (Å²) in [6.45, 7) is 3.42. The molecule has 10 heteroatoms. The number of aliphatic carboxylic acids is 1. The van der Waals surface area contributed by atoms with Crippen LogP contribution in [0, 0.1) is 37.5 Å². The van der Waals surface area contributed by atoms with Gasteiger partial charge in [-0.25, -0.2) is 18.4 Å². The van der Waals surface area contributed by atoms with Crippen LogP contribution >= 0.6 is 0 Å². The molecule has 4 rings (SSSR count). The first-order valence-electron chi connectivity index (χ1n) is 10.1. The number of carboxylic acids is 1. The first kappa shape index (κ1) is 21.2. The van der Waals surface area contributed by atoms with Gasteiger partial charge in [-0.3, -0.25) is 14.3 Å². The Balaban J connectivity index is 1.46. The lowest BCUT2D eigenvalue weighted by Gasteiger charge is -2.27. The molecule has 1 amide bonds. The number of amides is 1. The van der Waals surface area contributed by atoms with E-state index in [0.717, 1.165) is 19.3 Å². The number of carboxylic acid groups (broad SMARTS) is 1. The molecule has 2 aromatic rings. The SMILES string of the molecule is Cc1cc(NS(=O)(=O)c2ccc(NC(=O)[C@H]3[C@@H]4CC[C@@H](C4)[C@@H]3C(=O)O)cc2)nc(C)n1. The number of rotatable bonds is 6. The van der Waals surface area contributed by atoms with E-state index in [1.54, 1.807) is 13.8 Å². The topological polar surface area (TPSA) is 138 Å². The van der Waals surface area contributed by atoms with E-state index in [1.807, 2.05) is 0 Å². The summed E-state index contributed by atoms with van der Waals surface area (Å²) >= 11 is 0. The first-order chi connectivity index (χ1) is 14.6. The number of nitrogens with zero attached hydrogens (tertiary/aromatic N) is 2. The molecular weight excluding hydrogens is 420 g/mol. The maximum atomic E-state index is 12.8. The molecule has 1 aromatic heterocycles. The molecule has 2 aliphatic carbocycles. The number of aryl methyl sites for hydroxylation is 2. The largest absolute Gasteiger partial charge is 0.481 e. The van der Waals surface area contributed by atoms with E-state index in [1.165, 1.54) is 30.3 Å². The number of carbonyl (C=O) groups excluding carboxylic acids is 1. The molecule has 31 heavy (non-hydrogen) atoms. The van der Waals surface area contributed by atoms with Crippen LogP contribution in [0.1, 0.15) is 30.8 Å². The number of anilines is 2. The molecule has 164 valence electrons. The molecule has 2 bridgehead atoms. The quantitative estimate of drug-likeness (QED) is 0.622. The molecule has 0 unspecified atom stereocenters. The number of sulfonamides is 1. The van der Waals surface area contributed by atoms with Gasteiger partial charge in [0, 0.05) is 17.4 Å². The standard InChI is InChI=1S/C21H24N4O5S/c1-11-9-17(23-12(2)22-11)25-31(29,30)16-7-5-15(6-8-16)24-20(26)18-13-3-4-14(10-13)19(18)21(27)28/h5-9,13-14,18-19H,3-4,10H2,1-2H3,(H,24,26)(H,27,28)(H,22,23,25)/t13-,14+,18+,19+/m1/s1. The Hall–Kier alpha value is -3.01. The Bertz CT molecular complexity index is 1110. The van der Waals surface area contributed by atoms with Gasteiger partial charge in [-0.05, 0) is 69.2 Å². The second-order valence-corrected chi connectivity index (χ2v) is 9.97. The van der Waals surface area contributed by atoms with Crippen molar-refractivity contribution in [3.05, 3.63) is 41.9 Å². The van der Waals surface area contributed by atoms with Crippen LogP contribution in [0.2, 0.25) is 0 Å². The van der Waals surface area contributed by atoms with Gasteiger partial charge in [0.15, 0.2) is 0 Å². The number of aromatic nitrogens is 2. The highest BCUT2D eigenvalue weighted by Gasteiger charge is 2.53. The second kappa shape index (κ2) is 7.92. The minimum atomic E-state index is -3.87. The molecule has 4 atom stereocenters. The molecule has 2 aliphatic rings. The molecule has 2 fully saturated rings. The highest BCUT2D eigenvalue weighted by Crippen LogP contribution is 2.52. The van der Waals surface area contributed by atoms with E-state index in [4.69, 9.17) is 0 Å². The van der Waals surface area contributed by atoms with Crippen molar-refractivity contribution in [1.82, 2.24) is 9.97 Å². The molecule has 3 N–H and O–H groups in total. The summed E-state index contributed by atoms with van der Waals surface area (Å²) < 4.78 is 27.7. The van der Waals surface area contributed by atoms with E-state index in [9.17, 15) is 23.1 Å². The summed E-state index contributed by atoms with van der Waals surface area (Å²) in [6, 6.07) is 7.29. The number of hydrogen-bond donors (Lipinski definition) is 3. The van der Waals surface area contributed by atoms with Crippen LogP contribution in [-0.4, -0.2) is 35.4 Å². The highest BCUT2D eigenvalue weighted by molar-refractivity contribution is 7.92. The minimum Gasteiger partial charge on any atom is -0.481 e. The van der Waals surface area contributed by atoms with Gasteiger partial charge in [0.05, 0.1) is 16.7 Å². The van der Waals surface area contributed by atoms with Crippen LogP contribution in [0.3, 0.4) is 0 Å². The van der Waals surface area contributed by atoms with Crippen molar-refractivity contribution in [2.45, 2.75) is 38.0 Å². The van der Waals surface area contributed by atoms with Crippen LogP contribution in [-0.2, 0) is 19.6 Å². The number of hydrogen-bond acceptors (Lipinski definition) is 6. The smallest absolute Gasteiger partial charge is 0.307 e. The van der Waals surface area contributed by atoms with Crippen molar-refractivity contribution < 1.29 is 23.1 Å². The lowest BCUT2D eigenvalue weighted by molar-refractivity contribution is -0.148. The fraction of sp³-hybridized carbons (Fsp3) is 0.429. The van der Waals surface area contributed by atoms with E-state index in [2.05, 4.69) is 20.0 Å². The average molecular weight is 445 g/mol. The third-order valence-electron chi connectivity index (χ3n) is 6.14. The molecule has 0 saturated heterocycles. The maximum absolute atomic E-state index is 12.8. The number of fused-ring (bicyclic) bond motifs is 2. The predicted octanol–water partition coefficient (Wildman–Crippen LogP) is 2.58. The monoisotopic (exact) mass is 444 g/mol. The van der Waals surface area contributed by atoms with Gasteiger partial charge in [0.25, 0.3) is 10.0 Å². The molecular formula is C21H24N4O5S. The van der Waals surface area contributed by atoms with Crippen molar-refractivity contribution in [3.63, 3.8) is 0 Å². The van der Waals surface area contributed by atoms with Gasteiger partial charge in [-0.15, -0.1) is 0 Å². The number of carbonyl (C=O) groups is 2. The molecule has 1 heterocycles. The molecule has 9 nitrogen and oxygen atoms in total. The second-order valence-electron chi connectivity index (χ2n) is 8.28. The fourth-order valence-corrected chi connectivity index (χ4v) is 5.92. The Morgan fingerprint density at radius 2 is 1.68 bits per heavy atom. The van der Waals surface area contributed by atoms with Crippen LogP contribution in [0.5, 0.6) is 0 Å². The minimum absolute atomic E-state index is 0.0164.